The van der Waals surface area contributed by atoms with E-state index in [-0.39, 0.29) is 10.6 Å². The van der Waals surface area contributed by atoms with Crippen molar-refractivity contribution in [1.29, 1.82) is 0 Å². The summed E-state index contributed by atoms with van der Waals surface area (Å²) in [5, 5.41) is 9.83. The first kappa shape index (κ1) is 14.7. The minimum atomic E-state index is -0.644. The minimum absolute atomic E-state index is 0.233. The lowest BCUT2D eigenvalue weighted by Gasteiger charge is -2.27. The van der Waals surface area contributed by atoms with Gasteiger partial charge in [-0.15, -0.1) is 0 Å². The van der Waals surface area contributed by atoms with Crippen LogP contribution in [0, 0.1) is 5.82 Å². The van der Waals surface area contributed by atoms with E-state index in [1.54, 1.807) is 13.0 Å². The van der Waals surface area contributed by atoms with Gasteiger partial charge < -0.3 is 10.0 Å². The summed E-state index contributed by atoms with van der Waals surface area (Å²) in [7, 11) is 0. The summed E-state index contributed by atoms with van der Waals surface area (Å²) < 4.78 is 14.4. The monoisotopic (exact) mass is 283 g/mol. The zero-order valence-electron chi connectivity index (χ0n) is 11.8. The molecule has 0 radical (unpaired) electrons. The number of anilines is 1. The standard InChI is InChI=1S/C15H22FNOS/c1-11(18)12-5-4-6-13(16)14(12)17-8-7-15(2,3)19-10-9-17/h4-6,11,18H,7-10H2,1-3H3. The topological polar surface area (TPSA) is 23.5 Å². The molecule has 0 aliphatic carbocycles. The molecule has 1 aromatic carbocycles. The fourth-order valence-electron chi connectivity index (χ4n) is 2.45. The van der Waals surface area contributed by atoms with Gasteiger partial charge in [-0.05, 0) is 19.4 Å². The Morgan fingerprint density at radius 3 is 2.79 bits per heavy atom. The van der Waals surface area contributed by atoms with Gasteiger partial charge >= 0.3 is 0 Å². The van der Waals surface area contributed by atoms with Crippen molar-refractivity contribution >= 4 is 17.4 Å². The van der Waals surface area contributed by atoms with E-state index in [0.717, 1.165) is 25.3 Å². The van der Waals surface area contributed by atoms with Gasteiger partial charge in [0.1, 0.15) is 5.82 Å². The van der Waals surface area contributed by atoms with Gasteiger partial charge in [0, 0.05) is 29.2 Å². The van der Waals surface area contributed by atoms with Gasteiger partial charge in [-0.1, -0.05) is 26.0 Å². The second kappa shape index (κ2) is 5.71. The second-order valence-corrected chi connectivity index (χ2v) is 7.50. The van der Waals surface area contributed by atoms with Crippen LogP contribution in [-0.2, 0) is 0 Å². The maximum Gasteiger partial charge on any atom is 0.146 e. The molecule has 0 amide bonds. The summed E-state index contributed by atoms with van der Waals surface area (Å²) in [5.41, 5.74) is 1.26. The Morgan fingerprint density at radius 2 is 2.11 bits per heavy atom. The molecule has 0 spiro atoms. The number of aliphatic hydroxyl groups is 1. The molecule has 106 valence electrons. The molecule has 19 heavy (non-hydrogen) atoms. The third kappa shape index (κ3) is 3.42. The van der Waals surface area contributed by atoms with Gasteiger partial charge in [0.25, 0.3) is 0 Å². The zero-order valence-corrected chi connectivity index (χ0v) is 12.6. The normalized spacial score (nSPS) is 21.0. The summed E-state index contributed by atoms with van der Waals surface area (Å²) >= 11 is 1.93. The smallest absolute Gasteiger partial charge is 0.146 e. The molecule has 1 aliphatic heterocycles. The lowest BCUT2D eigenvalue weighted by atomic mass is 10.0. The molecule has 1 saturated heterocycles. The molecule has 2 rings (SSSR count). The van der Waals surface area contributed by atoms with Crippen LogP contribution in [0.1, 0.15) is 38.9 Å². The average molecular weight is 283 g/mol. The fraction of sp³-hybridized carbons (Fsp3) is 0.600. The van der Waals surface area contributed by atoms with Crippen LogP contribution < -0.4 is 4.90 Å². The van der Waals surface area contributed by atoms with E-state index in [9.17, 15) is 9.50 Å². The fourth-order valence-corrected chi connectivity index (χ4v) is 3.55. The molecule has 1 fully saturated rings. The number of aliphatic hydroxyl groups excluding tert-OH is 1. The van der Waals surface area contributed by atoms with E-state index >= 15 is 0 Å². The summed E-state index contributed by atoms with van der Waals surface area (Å²) in [5.74, 6) is 0.753. The van der Waals surface area contributed by atoms with Gasteiger partial charge in [0.2, 0.25) is 0 Å². The molecule has 0 bridgehead atoms. The third-order valence-corrected chi connectivity index (χ3v) is 4.99. The lowest BCUT2D eigenvalue weighted by Crippen LogP contribution is -2.29. The summed E-state index contributed by atoms with van der Waals surface area (Å²) in [4.78, 5) is 2.08. The molecular weight excluding hydrogens is 261 g/mol. The molecule has 1 aromatic rings. The van der Waals surface area contributed by atoms with E-state index in [4.69, 9.17) is 0 Å². The molecule has 0 aromatic heterocycles. The highest BCUT2D eigenvalue weighted by Crippen LogP contribution is 2.35. The molecule has 4 heteroatoms. The predicted octanol–water partition coefficient (Wildman–Crippen LogP) is 3.60. The first-order valence-corrected chi connectivity index (χ1v) is 7.75. The number of hydrogen-bond donors (Lipinski definition) is 1. The van der Waals surface area contributed by atoms with Crippen LogP contribution in [0.3, 0.4) is 0 Å². The van der Waals surface area contributed by atoms with Gasteiger partial charge in [-0.25, -0.2) is 4.39 Å². The number of thioether (sulfide) groups is 1. The molecule has 2 nitrogen and oxygen atoms in total. The number of hydrogen-bond acceptors (Lipinski definition) is 3. The Balaban J connectivity index is 2.31. The quantitative estimate of drug-likeness (QED) is 0.897. The van der Waals surface area contributed by atoms with Crippen molar-refractivity contribution in [2.75, 3.05) is 23.7 Å². The zero-order chi connectivity index (χ0) is 14.0. The summed E-state index contributed by atoms with van der Waals surface area (Å²) in [6, 6.07) is 4.95. The summed E-state index contributed by atoms with van der Waals surface area (Å²) in [6.07, 6.45) is 0.375. The Hall–Kier alpha value is -0.740. The molecule has 1 heterocycles. The van der Waals surface area contributed by atoms with Crippen molar-refractivity contribution in [3.63, 3.8) is 0 Å². The highest BCUT2D eigenvalue weighted by Gasteiger charge is 2.26. The highest BCUT2D eigenvalue weighted by molar-refractivity contribution is 8.00. The number of rotatable bonds is 2. The largest absolute Gasteiger partial charge is 0.389 e. The van der Waals surface area contributed by atoms with Crippen LogP contribution in [0.25, 0.3) is 0 Å². The first-order chi connectivity index (χ1) is 8.91. The first-order valence-electron chi connectivity index (χ1n) is 6.76. The van der Waals surface area contributed by atoms with E-state index in [2.05, 4.69) is 18.7 Å². The van der Waals surface area contributed by atoms with Crippen LogP contribution in [-0.4, -0.2) is 28.7 Å². The Morgan fingerprint density at radius 1 is 1.37 bits per heavy atom. The van der Waals surface area contributed by atoms with Gasteiger partial charge in [-0.2, -0.15) is 11.8 Å². The Kier molecular flexibility index (Phi) is 4.41. The van der Waals surface area contributed by atoms with Gasteiger partial charge in [0.15, 0.2) is 0 Å². The van der Waals surface area contributed by atoms with Crippen molar-refractivity contribution in [2.45, 2.75) is 38.0 Å². The van der Waals surface area contributed by atoms with Crippen LogP contribution in [0.2, 0.25) is 0 Å². The Bertz CT molecular complexity index is 448. The van der Waals surface area contributed by atoms with Crippen LogP contribution >= 0.6 is 11.8 Å². The van der Waals surface area contributed by atoms with Crippen LogP contribution in [0.4, 0.5) is 10.1 Å². The van der Waals surface area contributed by atoms with Gasteiger partial charge in [-0.3, -0.25) is 0 Å². The van der Waals surface area contributed by atoms with E-state index in [1.807, 2.05) is 17.8 Å². The molecular formula is C15H22FNOS. The average Bonchev–Trinajstić information content (AvgIpc) is 2.50. The van der Waals surface area contributed by atoms with Crippen LogP contribution in [0.15, 0.2) is 18.2 Å². The van der Waals surface area contributed by atoms with E-state index in [0.29, 0.717) is 11.3 Å². The highest BCUT2D eigenvalue weighted by atomic mass is 32.2. The number of benzene rings is 1. The number of nitrogens with zero attached hydrogens (tertiary/aromatic N) is 1. The predicted molar refractivity (Wildman–Crippen MR) is 80.4 cm³/mol. The van der Waals surface area contributed by atoms with Gasteiger partial charge in [0.05, 0.1) is 11.8 Å². The van der Waals surface area contributed by atoms with E-state index < -0.39 is 6.10 Å². The third-order valence-electron chi connectivity index (χ3n) is 3.62. The Labute approximate surface area is 119 Å². The van der Waals surface area contributed by atoms with Crippen molar-refractivity contribution < 1.29 is 9.50 Å². The second-order valence-electron chi connectivity index (χ2n) is 5.70. The van der Waals surface area contributed by atoms with Crippen molar-refractivity contribution in [3.8, 4) is 0 Å². The van der Waals surface area contributed by atoms with Crippen LogP contribution in [0.5, 0.6) is 0 Å². The summed E-state index contributed by atoms with van der Waals surface area (Å²) in [6.45, 7) is 7.82. The molecule has 1 aliphatic rings. The number of para-hydroxylation sites is 1. The maximum absolute atomic E-state index is 14.2. The SMILES string of the molecule is CC(O)c1cccc(F)c1N1CCSC(C)(C)CC1. The van der Waals surface area contributed by atoms with E-state index in [1.165, 1.54) is 6.07 Å². The van der Waals surface area contributed by atoms with Crippen molar-refractivity contribution in [1.82, 2.24) is 0 Å². The molecule has 0 saturated carbocycles. The van der Waals surface area contributed by atoms with Crippen molar-refractivity contribution in [2.24, 2.45) is 0 Å². The molecule has 1 atom stereocenters. The molecule has 1 N–H and O–H groups in total. The molecule has 1 unspecified atom stereocenters. The lowest BCUT2D eigenvalue weighted by molar-refractivity contribution is 0.199. The number of halogens is 1. The minimum Gasteiger partial charge on any atom is -0.389 e. The maximum atomic E-state index is 14.2. The van der Waals surface area contributed by atoms with Crippen molar-refractivity contribution in [3.05, 3.63) is 29.6 Å².